The first kappa shape index (κ1) is 15.7. The zero-order chi connectivity index (χ0) is 15.8. The van der Waals surface area contributed by atoms with Crippen LogP contribution in [-0.2, 0) is 15.0 Å². The molecule has 4 nitrogen and oxygen atoms in total. The van der Waals surface area contributed by atoms with Crippen LogP contribution in [0.25, 0.3) is 0 Å². The summed E-state index contributed by atoms with van der Waals surface area (Å²) in [4.78, 5) is 23.3. The molecule has 0 bridgehead atoms. The second-order valence-corrected chi connectivity index (χ2v) is 6.40. The van der Waals surface area contributed by atoms with E-state index < -0.39 is 28.6 Å². The van der Waals surface area contributed by atoms with E-state index in [1.807, 2.05) is 0 Å². The predicted octanol–water partition coefficient (Wildman–Crippen LogP) is 3.35. The van der Waals surface area contributed by atoms with Crippen LogP contribution >= 0.6 is 15.9 Å². The highest BCUT2D eigenvalue weighted by Gasteiger charge is 2.50. The largest absolute Gasteiger partial charge is 0.481 e. The van der Waals surface area contributed by atoms with Crippen LogP contribution in [0.2, 0.25) is 0 Å². The van der Waals surface area contributed by atoms with Crippen molar-refractivity contribution in [2.75, 3.05) is 0 Å². The van der Waals surface area contributed by atoms with E-state index in [0.29, 0.717) is 4.47 Å². The highest BCUT2D eigenvalue weighted by Crippen LogP contribution is 2.46. The second kappa shape index (κ2) is 5.26. The molecule has 0 amide bonds. The first-order chi connectivity index (χ1) is 9.71. The Labute approximate surface area is 129 Å². The van der Waals surface area contributed by atoms with E-state index in [0.717, 1.165) is 6.07 Å². The number of halogens is 2. The standard InChI is InChI=1S/C15H14BrFO4/c1-14(12(18)19)5-2-6-15(8-14,13(20)21)10-7-9(17)3-4-11(10)16/h2-4,6-7H,5,8H2,1H3,(H,18,19)(H,20,21). The van der Waals surface area contributed by atoms with Crippen molar-refractivity contribution in [3.8, 4) is 0 Å². The quantitative estimate of drug-likeness (QED) is 0.814. The maximum absolute atomic E-state index is 13.5. The third kappa shape index (κ3) is 2.60. The summed E-state index contributed by atoms with van der Waals surface area (Å²) < 4.78 is 14.0. The molecule has 112 valence electrons. The number of allylic oxidation sites excluding steroid dienone is 1. The average molecular weight is 357 g/mol. The highest BCUT2D eigenvalue weighted by atomic mass is 79.9. The normalized spacial score (nSPS) is 28.3. The van der Waals surface area contributed by atoms with Crippen LogP contribution in [0.1, 0.15) is 25.3 Å². The SMILES string of the molecule is CC1(C(=O)O)CC=CC(C(=O)O)(c2cc(F)ccc2Br)C1. The van der Waals surface area contributed by atoms with Gasteiger partial charge >= 0.3 is 11.9 Å². The van der Waals surface area contributed by atoms with Crippen LogP contribution in [0.5, 0.6) is 0 Å². The maximum Gasteiger partial charge on any atom is 0.318 e. The lowest BCUT2D eigenvalue weighted by atomic mass is 9.63. The zero-order valence-corrected chi connectivity index (χ0v) is 12.9. The Morgan fingerprint density at radius 2 is 1.95 bits per heavy atom. The summed E-state index contributed by atoms with van der Waals surface area (Å²) in [6.45, 7) is 1.50. The lowest BCUT2D eigenvalue weighted by Crippen LogP contribution is -2.44. The molecule has 0 aromatic heterocycles. The van der Waals surface area contributed by atoms with Gasteiger partial charge in [-0.25, -0.2) is 4.39 Å². The van der Waals surface area contributed by atoms with Crippen molar-refractivity contribution in [2.45, 2.75) is 25.2 Å². The fourth-order valence-corrected chi connectivity index (χ4v) is 3.32. The molecule has 21 heavy (non-hydrogen) atoms. The minimum atomic E-state index is -1.56. The van der Waals surface area contributed by atoms with Crippen molar-refractivity contribution in [2.24, 2.45) is 5.41 Å². The molecule has 1 aromatic carbocycles. The van der Waals surface area contributed by atoms with Crippen molar-refractivity contribution in [1.82, 2.24) is 0 Å². The van der Waals surface area contributed by atoms with E-state index in [2.05, 4.69) is 15.9 Å². The number of carboxylic acids is 2. The van der Waals surface area contributed by atoms with Gasteiger partial charge in [0.1, 0.15) is 11.2 Å². The van der Waals surface area contributed by atoms with E-state index >= 15 is 0 Å². The summed E-state index contributed by atoms with van der Waals surface area (Å²) in [7, 11) is 0. The molecule has 0 spiro atoms. The Hall–Kier alpha value is -1.69. The molecule has 2 N–H and O–H groups in total. The van der Waals surface area contributed by atoms with Crippen LogP contribution in [0, 0.1) is 11.2 Å². The third-order valence-electron chi connectivity index (χ3n) is 3.95. The molecule has 0 fully saturated rings. The molecular weight excluding hydrogens is 343 g/mol. The van der Waals surface area contributed by atoms with Gasteiger partial charge in [0.2, 0.25) is 0 Å². The lowest BCUT2D eigenvalue weighted by Gasteiger charge is -2.38. The van der Waals surface area contributed by atoms with E-state index in [-0.39, 0.29) is 18.4 Å². The molecule has 2 atom stereocenters. The number of carboxylic acid groups (broad SMARTS) is 2. The van der Waals surface area contributed by atoms with Gasteiger partial charge in [-0.1, -0.05) is 28.1 Å². The topological polar surface area (TPSA) is 74.6 Å². The highest BCUT2D eigenvalue weighted by molar-refractivity contribution is 9.10. The molecule has 1 aliphatic rings. The monoisotopic (exact) mass is 356 g/mol. The first-order valence-corrected chi connectivity index (χ1v) is 7.11. The number of hydrogen-bond acceptors (Lipinski definition) is 2. The molecule has 0 radical (unpaired) electrons. The Kier molecular flexibility index (Phi) is 3.93. The van der Waals surface area contributed by atoms with Crippen LogP contribution in [0.15, 0.2) is 34.8 Å². The Bertz CT molecular complexity index is 643. The molecule has 0 saturated carbocycles. The number of aliphatic carboxylic acids is 2. The van der Waals surface area contributed by atoms with Crippen molar-refractivity contribution in [1.29, 1.82) is 0 Å². The Morgan fingerprint density at radius 1 is 1.29 bits per heavy atom. The van der Waals surface area contributed by atoms with Gasteiger partial charge in [0, 0.05) is 4.47 Å². The summed E-state index contributed by atoms with van der Waals surface area (Å²) in [5.41, 5.74) is -2.55. The minimum Gasteiger partial charge on any atom is -0.481 e. The maximum atomic E-state index is 13.5. The van der Waals surface area contributed by atoms with Crippen LogP contribution < -0.4 is 0 Å². The Morgan fingerprint density at radius 3 is 2.52 bits per heavy atom. The molecule has 2 unspecified atom stereocenters. The van der Waals surface area contributed by atoms with Gasteiger partial charge in [-0.2, -0.15) is 0 Å². The summed E-state index contributed by atoms with van der Waals surface area (Å²) in [5.74, 6) is -2.83. The summed E-state index contributed by atoms with van der Waals surface area (Å²) in [5, 5.41) is 19.1. The van der Waals surface area contributed by atoms with Gasteiger partial charge in [-0.3, -0.25) is 9.59 Å². The molecule has 0 heterocycles. The molecular formula is C15H14BrFO4. The molecule has 1 aliphatic carbocycles. The number of rotatable bonds is 3. The molecule has 2 rings (SSSR count). The fourth-order valence-electron chi connectivity index (χ4n) is 2.72. The molecule has 1 aromatic rings. The van der Waals surface area contributed by atoms with E-state index in [9.17, 15) is 24.2 Å². The minimum absolute atomic E-state index is 0.136. The van der Waals surface area contributed by atoms with E-state index in [1.165, 1.54) is 25.1 Å². The smallest absolute Gasteiger partial charge is 0.318 e. The number of hydrogen-bond donors (Lipinski definition) is 2. The molecule has 6 heteroatoms. The van der Waals surface area contributed by atoms with Crippen molar-refractivity contribution in [3.05, 3.63) is 46.2 Å². The second-order valence-electron chi connectivity index (χ2n) is 5.55. The summed E-state index contributed by atoms with van der Waals surface area (Å²) >= 11 is 3.23. The van der Waals surface area contributed by atoms with Gasteiger partial charge in [-0.05, 0) is 43.5 Å². The van der Waals surface area contributed by atoms with Gasteiger partial charge in [0.25, 0.3) is 0 Å². The zero-order valence-electron chi connectivity index (χ0n) is 11.3. The molecule has 0 saturated heterocycles. The lowest BCUT2D eigenvalue weighted by molar-refractivity contribution is -0.152. The van der Waals surface area contributed by atoms with E-state index in [1.54, 1.807) is 6.08 Å². The number of carbonyl (C=O) groups is 2. The van der Waals surface area contributed by atoms with Crippen LogP contribution in [0.4, 0.5) is 4.39 Å². The van der Waals surface area contributed by atoms with Gasteiger partial charge in [-0.15, -0.1) is 0 Å². The average Bonchev–Trinajstić information content (AvgIpc) is 2.41. The third-order valence-corrected chi connectivity index (χ3v) is 4.64. The van der Waals surface area contributed by atoms with E-state index in [4.69, 9.17) is 0 Å². The summed E-state index contributed by atoms with van der Waals surface area (Å²) in [6, 6.07) is 3.78. The molecule has 0 aliphatic heterocycles. The van der Waals surface area contributed by atoms with Crippen molar-refractivity contribution >= 4 is 27.9 Å². The Balaban J connectivity index is 2.65. The van der Waals surface area contributed by atoms with Gasteiger partial charge in [0.15, 0.2) is 0 Å². The van der Waals surface area contributed by atoms with Crippen LogP contribution in [-0.4, -0.2) is 22.2 Å². The van der Waals surface area contributed by atoms with Crippen molar-refractivity contribution in [3.63, 3.8) is 0 Å². The number of benzene rings is 1. The van der Waals surface area contributed by atoms with Crippen LogP contribution in [0.3, 0.4) is 0 Å². The van der Waals surface area contributed by atoms with Crippen molar-refractivity contribution < 1.29 is 24.2 Å². The summed E-state index contributed by atoms with van der Waals surface area (Å²) in [6.07, 6.45) is 3.11. The van der Waals surface area contributed by atoms with Gasteiger partial charge < -0.3 is 10.2 Å². The fraction of sp³-hybridized carbons (Fsp3) is 0.333. The van der Waals surface area contributed by atoms with Gasteiger partial charge in [0.05, 0.1) is 5.41 Å². The first-order valence-electron chi connectivity index (χ1n) is 6.31. The predicted molar refractivity (Wildman–Crippen MR) is 77.5 cm³/mol.